The minimum atomic E-state index is -3.41. The number of sulfonamides is 1. The molecule has 0 spiro atoms. The zero-order valence-corrected chi connectivity index (χ0v) is 12.1. The molecule has 0 unspecified atom stereocenters. The molecule has 0 radical (unpaired) electrons. The van der Waals surface area contributed by atoms with Gasteiger partial charge in [0.2, 0.25) is 10.0 Å². The zero-order chi connectivity index (χ0) is 14.6. The first kappa shape index (κ1) is 14.4. The zero-order valence-electron chi connectivity index (χ0n) is 11.2. The number of aryl methyl sites for hydroxylation is 1. The molecule has 2 rings (SSSR count). The van der Waals surface area contributed by atoms with E-state index in [9.17, 15) is 8.42 Å². The fourth-order valence-electron chi connectivity index (χ4n) is 1.54. The van der Waals surface area contributed by atoms with Crippen LogP contribution in [-0.2, 0) is 10.0 Å². The maximum atomic E-state index is 11.6. The van der Waals surface area contributed by atoms with Crippen molar-refractivity contribution in [1.29, 1.82) is 0 Å². The lowest BCUT2D eigenvalue weighted by Crippen LogP contribution is -2.18. The van der Waals surface area contributed by atoms with Crippen LogP contribution in [0.5, 0.6) is 0 Å². The van der Waals surface area contributed by atoms with E-state index < -0.39 is 10.0 Å². The molecule has 2 aromatic rings. The second kappa shape index (κ2) is 5.94. The van der Waals surface area contributed by atoms with Crippen molar-refractivity contribution in [3.8, 4) is 0 Å². The van der Waals surface area contributed by atoms with E-state index >= 15 is 0 Å². The molecule has 0 saturated carbocycles. The van der Waals surface area contributed by atoms with Crippen molar-refractivity contribution >= 4 is 21.4 Å². The number of hydrogen-bond donors (Lipinski definition) is 1. The number of azo groups is 1. The minimum absolute atomic E-state index is 0.203. The van der Waals surface area contributed by atoms with Gasteiger partial charge >= 0.3 is 0 Å². The lowest BCUT2D eigenvalue weighted by molar-refractivity contribution is 0.588. The summed E-state index contributed by atoms with van der Waals surface area (Å²) in [6.45, 7) is 2.00. The van der Waals surface area contributed by atoms with E-state index in [1.807, 2.05) is 31.2 Å². The van der Waals surface area contributed by atoms with Gasteiger partial charge in [-0.25, -0.2) is 13.1 Å². The van der Waals surface area contributed by atoms with Crippen LogP contribution in [0.2, 0.25) is 0 Å². The molecule has 0 aliphatic rings. The highest BCUT2D eigenvalue weighted by Crippen LogP contribution is 2.20. The number of nitrogens with zero attached hydrogens (tertiary/aromatic N) is 2. The van der Waals surface area contributed by atoms with Crippen molar-refractivity contribution in [3.63, 3.8) is 0 Å². The summed E-state index contributed by atoms with van der Waals surface area (Å²) in [5, 5.41) is 8.15. The van der Waals surface area contributed by atoms with Gasteiger partial charge < -0.3 is 0 Å². The Bertz CT molecular complexity index is 705. The SMILES string of the molecule is CNS(=O)(=O)c1ccc(N=Nc2ccc(C)cc2)cc1. The Labute approximate surface area is 118 Å². The Morgan fingerprint density at radius 3 is 1.75 bits per heavy atom. The van der Waals surface area contributed by atoms with Crippen LogP contribution in [0.3, 0.4) is 0 Å². The fourth-order valence-corrected chi connectivity index (χ4v) is 2.27. The van der Waals surface area contributed by atoms with Crippen molar-refractivity contribution in [3.05, 3.63) is 54.1 Å². The van der Waals surface area contributed by atoms with Gasteiger partial charge in [-0.1, -0.05) is 17.7 Å². The lowest BCUT2D eigenvalue weighted by atomic mass is 10.2. The number of benzene rings is 2. The lowest BCUT2D eigenvalue weighted by Gasteiger charge is -2.01. The molecular weight excluding hydrogens is 274 g/mol. The highest BCUT2D eigenvalue weighted by molar-refractivity contribution is 7.89. The number of nitrogens with one attached hydrogen (secondary N) is 1. The Kier molecular flexibility index (Phi) is 4.26. The van der Waals surface area contributed by atoms with E-state index in [0.717, 1.165) is 11.3 Å². The molecule has 0 saturated heterocycles. The van der Waals surface area contributed by atoms with E-state index in [1.165, 1.54) is 19.2 Å². The molecule has 6 heteroatoms. The monoisotopic (exact) mass is 289 g/mol. The van der Waals surface area contributed by atoms with E-state index in [1.54, 1.807) is 12.1 Å². The first-order valence-electron chi connectivity index (χ1n) is 6.03. The van der Waals surface area contributed by atoms with Gasteiger partial charge in [-0.3, -0.25) is 0 Å². The van der Waals surface area contributed by atoms with Crippen LogP contribution in [-0.4, -0.2) is 15.5 Å². The average Bonchev–Trinajstić information content (AvgIpc) is 2.47. The van der Waals surface area contributed by atoms with E-state index in [2.05, 4.69) is 15.0 Å². The molecule has 104 valence electrons. The molecule has 1 N–H and O–H groups in total. The molecule has 0 aliphatic carbocycles. The molecule has 0 heterocycles. The van der Waals surface area contributed by atoms with Crippen LogP contribution >= 0.6 is 0 Å². The molecule has 20 heavy (non-hydrogen) atoms. The summed E-state index contributed by atoms with van der Waals surface area (Å²) in [5.41, 5.74) is 2.51. The van der Waals surface area contributed by atoms with Crippen molar-refractivity contribution < 1.29 is 8.42 Å². The quantitative estimate of drug-likeness (QED) is 0.877. The van der Waals surface area contributed by atoms with Crippen LogP contribution in [0.25, 0.3) is 0 Å². The highest BCUT2D eigenvalue weighted by atomic mass is 32.2. The second-order valence-corrected chi connectivity index (χ2v) is 6.12. The second-order valence-electron chi connectivity index (χ2n) is 4.24. The molecule has 0 aliphatic heterocycles. The van der Waals surface area contributed by atoms with Crippen LogP contribution in [0, 0.1) is 6.92 Å². The summed E-state index contributed by atoms with van der Waals surface area (Å²) < 4.78 is 25.4. The number of hydrogen-bond acceptors (Lipinski definition) is 4. The van der Waals surface area contributed by atoms with E-state index in [0.29, 0.717) is 5.69 Å². The molecule has 0 bridgehead atoms. The average molecular weight is 289 g/mol. The van der Waals surface area contributed by atoms with Gasteiger partial charge in [0.25, 0.3) is 0 Å². The van der Waals surface area contributed by atoms with E-state index in [4.69, 9.17) is 0 Å². The van der Waals surface area contributed by atoms with Crippen LogP contribution in [0.4, 0.5) is 11.4 Å². The first-order chi connectivity index (χ1) is 9.51. The fraction of sp³-hybridized carbons (Fsp3) is 0.143. The predicted octanol–water partition coefficient (Wildman–Crippen LogP) is 3.32. The normalized spacial score (nSPS) is 11.9. The third-order valence-electron chi connectivity index (χ3n) is 2.73. The maximum absolute atomic E-state index is 11.6. The smallest absolute Gasteiger partial charge is 0.214 e. The van der Waals surface area contributed by atoms with E-state index in [-0.39, 0.29) is 4.90 Å². The highest BCUT2D eigenvalue weighted by Gasteiger charge is 2.09. The summed E-state index contributed by atoms with van der Waals surface area (Å²) in [6.07, 6.45) is 0. The maximum Gasteiger partial charge on any atom is 0.240 e. The van der Waals surface area contributed by atoms with Gasteiger partial charge in [0.15, 0.2) is 0 Å². The third-order valence-corrected chi connectivity index (χ3v) is 4.16. The predicted molar refractivity (Wildman–Crippen MR) is 78.0 cm³/mol. The van der Waals surface area contributed by atoms with Crippen LogP contribution in [0.1, 0.15) is 5.56 Å². The summed E-state index contributed by atoms with van der Waals surface area (Å²) in [6, 6.07) is 13.9. The molecule has 2 aromatic carbocycles. The molecular formula is C14H15N3O2S. The van der Waals surface area contributed by atoms with Gasteiger partial charge in [-0.15, -0.1) is 0 Å². The summed E-state index contributed by atoms with van der Waals surface area (Å²) in [7, 11) is -2.03. The molecule has 5 nitrogen and oxygen atoms in total. The van der Waals surface area contributed by atoms with Gasteiger partial charge in [-0.05, 0) is 50.4 Å². The Morgan fingerprint density at radius 2 is 1.30 bits per heavy atom. The van der Waals surface area contributed by atoms with Crippen LogP contribution < -0.4 is 4.72 Å². The molecule has 0 aromatic heterocycles. The summed E-state index contributed by atoms with van der Waals surface area (Å²) in [5.74, 6) is 0. The van der Waals surface area contributed by atoms with Crippen LogP contribution in [0.15, 0.2) is 63.7 Å². The standard InChI is InChI=1S/C14H15N3O2S/c1-11-3-5-12(6-4-11)16-17-13-7-9-14(10-8-13)20(18,19)15-2/h3-10,15H,1-2H3. The molecule has 0 atom stereocenters. The van der Waals surface area contributed by atoms with Crippen molar-refractivity contribution in [2.75, 3.05) is 7.05 Å². The van der Waals surface area contributed by atoms with Crippen molar-refractivity contribution in [1.82, 2.24) is 4.72 Å². The number of rotatable bonds is 4. The van der Waals surface area contributed by atoms with Crippen molar-refractivity contribution in [2.24, 2.45) is 10.2 Å². The topological polar surface area (TPSA) is 70.9 Å². The van der Waals surface area contributed by atoms with Gasteiger partial charge in [0.05, 0.1) is 16.3 Å². The van der Waals surface area contributed by atoms with Gasteiger partial charge in [0, 0.05) is 0 Å². The summed E-state index contributed by atoms with van der Waals surface area (Å²) >= 11 is 0. The molecule has 0 fully saturated rings. The first-order valence-corrected chi connectivity index (χ1v) is 7.51. The Balaban J connectivity index is 2.17. The Morgan fingerprint density at radius 1 is 0.850 bits per heavy atom. The largest absolute Gasteiger partial charge is 0.240 e. The molecule has 0 amide bonds. The third kappa shape index (κ3) is 3.49. The van der Waals surface area contributed by atoms with Gasteiger partial charge in [-0.2, -0.15) is 10.2 Å². The Hall–Kier alpha value is -2.05. The van der Waals surface area contributed by atoms with Crippen molar-refractivity contribution in [2.45, 2.75) is 11.8 Å². The summed E-state index contributed by atoms with van der Waals surface area (Å²) in [4.78, 5) is 0.203. The van der Waals surface area contributed by atoms with Gasteiger partial charge in [0.1, 0.15) is 0 Å². The minimum Gasteiger partial charge on any atom is -0.214 e.